The van der Waals surface area contributed by atoms with Gasteiger partial charge in [-0.1, -0.05) is 60.7 Å². The van der Waals surface area contributed by atoms with E-state index in [2.05, 4.69) is 0 Å². The summed E-state index contributed by atoms with van der Waals surface area (Å²) in [5, 5.41) is 31.0. The van der Waals surface area contributed by atoms with Gasteiger partial charge in [0.15, 0.2) is 0 Å². The largest absolute Gasteiger partial charge is 0.387 e. The average molecular weight is 374 g/mol. The van der Waals surface area contributed by atoms with Gasteiger partial charge in [0, 0.05) is 7.11 Å². The summed E-state index contributed by atoms with van der Waals surface area (Å²) in [6.45, 7) is 0.513. The summed E-state index contributed by atoms with van der Waals surface area (Å²) in [5.74, 6) is 0. The molecule has 2 aromatic rings. The maximum Gasteiger partial charge on any atom is 0.115 e. The number of hydrogen-bond donors (Lipinski definition) is 3. The molecule has 3 N–H and O–H groups in total. The Balaban J connectivity index is 1.76. The molecule has 0 amide bonds. The summed E-state index contributed by atoms with van der Waals surface area (Å²) in [4.78, 5) is 0. The van der Waals surface area contributed by atoms with Crippen molar-refractivity contribution in [3.63, 3.8) is 0 Å². The van der Waals surface area contributed by atoms with Crippen molar-refractivity contribution < 1.29 is 29.5 Å². The fraction of sp³-hybridized carbons (Fsp3) is 0.429. The van der Waals surface area contributed by atoms with E-state index in [1.807, 2.05) is 60.7 Å². The highest BCUT2D eigenvalue weighted by atomic mass is 16.6. The number of methoxy groups -OCH3 is 1. The first kappa shape index (κ1) is 19.9. The maximum absolute atomic E-state index is 10.5. The summed E-state index contributed by atoms with van der Waals surface area (Å²) in [5.41, 5.74) is 1.88. The van der Waals surface area contributed by atoms with E-state index in [4.69, 9.17) is 14.2 Å². The lowest BCUT2D eigenvalue weighted by Gasteiger charge is -2.45. The molecule has 1 saturated carbocycles. The van der Waals surface area contributed by atoms with E-state index in [9.17, 15) is 15.3 Å². The van der Waals surface area contributed by atoms with Gasteiger partial charge >= 0.3 is 0 Å². The quantitative estimate of drug-likeness (QED) is 0.676. The van der Waals surface area contributed by atoms with Crippen LogP contribution in [0.25, 0.3) is 0 Å². The number of aliphatic hydroxyl groups is 3. The number of hydrogen-bond acceptors (Lipinski definition) is 6. The topological polar surface area (TPSA) is 88.4 Å². The molecular weight excluding hydrogens is 348 g/mol. The van der Waals surface area contributed by atoms with E-state index in [-0.39, 0.29) is 13.2 Å². The molecule has 27 heavy (non-hydrogen) atoms. The number of rotatable bonds is 7. The zero-order valence-electron chi connectivity index (χ0n) is 15.2. The van der Waals surface area contributed by atoms with Crippen molar-refractivity contribution in [2.75, 3.05) is 7.11 Å². The second-order valence-corrected chi connectivity index (χ2v) is 6.69. The molecule has 0 aliphatic heterocycles. The molecule has 1 aliphatic carbocycles. The van der Waals surface area contributed by atoms with E-state index in [0.717, 1.165) is 11.1 Å². The Labute approximate surface area is 158 Å². The molecule has 146 valence electrons. The van der Waals surface area contributed by atoms with E-state index >= 15 is 0 Å². The van der Waals surface area contributed by atoms with E-state index in [1.54, 1.807) is 0 Å². The predicted molar refractivity (Wildman–Crippen MR) is 98.9 cm³/mol. The van der Waals surface area contributed by atoms with E-state index in [1.165, 1.54) is 7.11 Å². The molecule has 0 saturated heterocycles. The lowest BCUT2D eigenvalue weighted by atomic mass is 9.84. The summed E-state index contributed by atoms with van der Waals surface area (Å²) in [6.07, 6.45) is -6.37. The van der Waals surface area contributed by atoms with Crippen LogP contribution in [0.4, 0.5) is 0 Å². The second kappa shape index (κ2) is 9.41. The Morgan fingerprint density at radius 2 is 1.07 bits per heavy atom. The predicted octanol–water partition coefficient (Wildman–Crippen LogP) is 1.27. The van der Waals surface area contributed by atoms with Crippen LogP contribution in [0.3, 0.4) is 0 Å². The third-order valence-corrected chi connectivity index (χ3v) is 4.86. The normalized spacial score (nSPS) is 31.0. The Hall–Kier alpha value is -1.80. The van der Waals surface area contributed by atoms with Crippen LogP contribution in [0.2, 0.25) is 0 Å². The Bertz CT molecular complexity index is 680. The van der Waals surface area contributed by atoms with E-state index < -0.39 is 36.6 Å². The molecule has 0 radical (unpaired) electrons. The van der Waals surface area contributed by atoms with Crippen molar-refractivity contribution in [2.45, 2.75) is 49.8 Å². The molecular formula is C21H26O6. The van der Waals surface area contributed by atoms with Crippen LogP contribution >= 0.6 is 0 Å². The summed E-state index contributed by atoms with van der Waals surface area (Å²) in [6, 6.07) is 19.1. The van der Waals surface area contributed by atoms with Crippen LogP contribution in [0, 0.1) is 0 Å². The van der Waals surface area contributed by atoms with Crippen molar-refractivity contribution in [2.24, 2.45) is 0 Å². The molecule has 0 spiro atoms. The van der Waals surface area contributed by atoms with Crippen LogP contribution < -0.4 is 0 Å². The monoisotopic (exact) mass is 374 g/mol. The summed E-state index contributed by atoms with van der Waals surface area (Å²) < 4.78 is 17.3. The highest BCUT2D eigenvalue weighted by Crippen LogP contribution is 2.29. The lowest BCUT2D eigenvalue weighted by molar-refractivity contribution is -0.256. The maximum atomic E-state index is 10.5. The van der Waals surface area contributed by atoms with Gasteiger partial charge in [-0.2, -0.15) is 0 Å². The van der Waals surface area contributed by atoms with Gasteiger partial charge in [-0.3, -0.25) is 0 Å². The number of aliphatic hydroxyl groups excluding tert-OH is 3. The van der Waals surface area contributed by atoms with Crippen molar-refractivity contribution in [1.82, 2.24) is 0 Å². The first-order valence-electron chi connectivity index (χ1n) is 9.00. The molecule has 0 heterocycles. The molecule has 1 aliphatic rings. The Morgan fingerprint density at radius 1 is 0.630 bits per heavy atom. The third kappa shape index (κ3) is 4.73. The highest BCUT2D eigenvalue weighted by molar-refractivity contribution is 5.15. The fourth-order valence-corrected chi connectivity index (χ4v) is 3.36. The van der Waals surface area contributed by atoms with Gasteiger partial charge in [0.25, 0.3) is 0 Å². The lowest BCUT2D eigenvalue weighted by Crippen LogP contribution is -2.65. The molecule has 0 unspecified atom stereocenters. The molecule has 6 heteroatoms. The molecule has 1 fully saturated rings. The van der Waals surface area contributed by atoms with Crippen LogP contribution in [0.15, 0.2) is 60.7 Å². The zero-order valence-corrected chi connectivity index (χ0v) is 15.2. The van der Waals surface area contributed by atoms with Gasteiger partial charge in [0.05, 0.1) is 13.2 Å². The number of benzene rings is 2. The summed E-state index contributed by atoms with van der Waals surface area (Å²) >= 11 is 0. The van der Waals surface area contributed by atoms with Crippen LogP contribution in [-0.4, -0.2) is 59.1 Å². The molecule has 0 bridgehead atoms. The minimum Gasteiger partial charge on any atom is -0.387 e. The second-order valence-electron chi connectivity index (χ2n) is 6.69. The molecule has 2 aromatic carbocycles. The van der Waals surface area contributed by atoms with Gasteiger partial charge < -0.3 is 29.5 Å². The molecule has 6 atom stereocenters. The summed E-state index contributed by atoms with van der Waals surface area (Å²) in [7, 11) is 1.44. The Morgan fingerprint density at radius 3 is 1.56 bits per heavy atom. The van der Waals surface area contributed by atoms with Crippen LogP contribution in [0.5, 0.6) is 0 Å². The van der Waals surface area contributed by atoms with Crippen molar-refractivity contribution >= 4 is 0 Å². The standard InChI is InChI=1S/C21H26O6/c1-25-19-17(23)16(22)18(24)20(26-12-14-8-4-2-5-9-14)21(19)27-13-15-10-6-3-7-11-15/h2-11,16-24H,12-13H2,1H3/t16-,17+,18-,19-,20+,21+/m0/s1. The van der Waals surface area contributed by atoms with Gasteiger partial charge in [-0.05, 0) is 11.1 Å². The zero-order chi connectivity index (χ0) is 19.2. The van der Waals surface area contributed by atoms with Crippen molar-refractivity contribution in [3.05, 3.63) is 71.8 Å². The molecule has 3 rings (SSSR count). The van der Waals surface area contributed by atoms with Crippen molar-refractivity contribution in [1.29, 1.82) is 0 Å². The molecule has 6 nitrogen and oxygen atoms in total. The first-order chi connectivity index (χ1) is 13.1. The van der Waals surface area contributed by atoms with Gasteiger partial charge in [-0.25, -0.2) is 0 Å². The van der Waals surface area contributed by atoms with Crippen LogP contribution in [0.1, 0.15) is 11.1 Å². The third-order valence-electron chi connectivity index (χ3n) is 4.86. The van der Waals surface area contributed by atoms with E-state index in [0.29, 0.717) is 0 Å². The van der Waals surface area contributed by atoms with Crippen LogP contribution in [-0.2, 0) is 27.4 Å². The number of ether oxygens (including phenoxy) is 3. The highest BCUT2D eigenvalue weighted by Gasteiger charge is 2.51. The average Bonchev–Trinajstić information content (AvgIpc) is 2.71. The van der Waals surface area contributed by atoms with Gasteiger partial charge in [0.1, 0.15) is 36.6 Å². The van der Waals surface area contributed by atoms with Crippen molar-refractivity contribution in [3.8, 4) is 0 Å². The first-order valence-corrected chi connectivity index (χ1v) is 9.00. The SMILES string of the molecule is CO[C@H]1[C@H](O)[C@H](O)[C@H](O)[C@@H](OCc2ccccc2)[C@@H]1OCc1ccccc1. The smallest absolute Gasteiger partial charge is 0.115 e. The fourth-order valence-electron chi connectivity index (χ4n) is 3.36. The minimum atomic E-state index is -1.38. The minimum absolute atomic E-state index is 0.243. The van der Waals surface area contributed by atoms with Gasteiger partial charge in [-0.15, -0.1) is 0 Å². The Kier molecular flexibility index (Phi) is 6.95. The molecule has 0 aromatic heterocycles. The van der Waals surface area contributed by atoms with Gasteiger partial charge in [0.2, 0.25) is 0 Å².